The standard InChI is InChI=1S/C12H22N6/c1-12(2)6-5-7-18(8-12)11-15-9(13)14-10(16-11)17(3)4/h5-8H2,1-4H3,(H2,13,14,15,16). The molecule has 2 heterocycles. The van der Waals surface area contributed by atoms with Crippen LogP contribution in [-0.4, -0.2) is 42.1 Å². The maximum Gasteiger partial charge on any atom is 0.231 e. The molecule has 0 unspecified atom stereocenters. The number of anilines is 3. The largest absolute Gasteiger partial charge is 0.368 e. The number of hydrogen-bond donors (Lipinski definition) is 1. The quantitative estimate of drug-likeness (QED) is 0.849. The highest BCUT2D eigenvalue weighted by Gasteiger charge is 2.28. The SMILES string of the molecule is CN(C)c1nc(N)nc(N2CCCC(C)(C)C2)n1. The highest BCUT2D eigenvalue weighted by atomic mass is 15.3. The van der Waals surface area contributed by atoms with E-state index in [1.165, 1.54) is 6.42 Å². The molecule has 0 saturated carbocycles. The number of aromatic nitrogens is 3. The van der Waals surface area contributed by atoms with Crippen LogP contribution >= 0.6 is 0 Å². The average molecular weight is 250 g/mol. The third kappa shape index (κ3) is 2.80. The number of rotatable bonds is 2. The van der Waals surface area contributed by atoms with E-state index in [1.807, 2.05) is 19.0 Å². The molecule has 1 aromatic heterocycles. The van der Waals surface area contributed by atoms with Gasteiger partial charge in [-0.1, -0.05) is 13.8 Å². The van der Waals surface area contributed by atoms with Crippen LogP contribution < -0.4 is 15.5 Å². The second-order valence-corrected chi connectivity index (χ2v) is 5.88. The number of piperidine rings is 1. The Labute approximate surface area is 108 Å². The average Bonchev–Trinajstić information content (AvgIpc) is 2.26. The Hall–Kier alpha value is -1.59. The molecule has 0 spiro atoms. The lowest BCUT2D eigenvalue weighted by molar-refractivity contribution is 0.291. The summed E-state index contributed by atoms with van der Waals surface area (Å²) in [6, 6.07) is 0. The molecule has 2 rings (SSSR count). The number of hydrogen-bond acceptors (Lipinski definition) is 6. The van der Waals surface area contributed by atoms with Crippen LogP contribution in [0.15, 0.2) is 0 Å². The molecule has 1 saturated heterocycles. The summed E-state index contributed by atoms with van der Waals surface area (Å²) < 4.78 is 0. The normalized spacial score (nSPS) is 18.8. The summed E-state index contributed by atoms with van der Waals surface area (Å²) in [6.45, 7) is 6.50. The van der Waals surface area contributed by atoms with Crippen LogP contribution in [0.2, 0.25) is 0 Å². The maximum absolute atomic E-state index is 5.76. The zero-order chi connectivity index (χ0) is 13.3. The summed E-state index contributed by atoms with van der Waals surface area (Å²) in [7, 11) is 3.80. The Kier molecular flexibility index (Phi) is 3.28. The molecule has 6 nitrogen and oxygen atoms in total. The summed E-state index contributed by atoms with van der Waals surface area (Å²) in [5.74, 6) is 1.59. The molecule has 1 aliphatic rings. The molecule has 100 valence electrons. The van der Waals surface area contributed by atoms with Crippen molar-refractivity contribution in [2.45, 2.75) is 26.7 Å². The fraction of sp³-hybridized carbons (Fsp3) is 0.750. The van der Waals surface area contributed by atoms with Crippen molar-refractivity contribution in [2.75, 3.05) is 42.7 Å². The Morgan fingerprint density at radius 2 is 1.94 bits per heavy atom. The minimum absolute atomic E-state index is 0.284. The van der Waals surface area contributed by atoms with E-state index in [0.717, 1.165) is 19.5 Å². The molecule has 6 heteroatoms. The molecule has 1 aromatic rings. The maximum atomic E-state index is 5.76. The van der Waals surface area contributed by atoms with Gasteiger partial charge in [-0.05, 0) is 18.3 Å². The van der Waals surface area contributed by atoms with Gasteiger partial charge in [0.05, 0.1) is 0 Å². The third-order valence-electron chi connectivity index (χ3n) is 3.21. The van der Waals surface area contributed by atoms with Crippen LogP contribution in [0.4, 0.5) is 17.8 Å². The van der Waals surface area contributed by atoms with Gasteiger partial charge in [-0.3, -0.25) is 0 Å². The molecule has 0 bridgehead atoms. The van der Waals surface area contributed by atoms with Gasteiger partial charge in [0.25, 0.3) is 0 Å². The fourth-order valence-corrected chi connectivity index (χ4v) is 2.30. The first kappa shape index (κ1) is 12.9. The Balaban J connectivity index is 2.27. The van der Waals surface area contributed by atoms with Gasteiger partial charge in [0.1, 0.15) is 0 Å². The van der Waals surface area contributed by atoms with Gasteiger partial charge < -0.3 is 15.5 Å². The second-order valence-electron chi connectivity index (χ2n) is 5.88. The summed E-state index contributed by atoms with van der Waals surface area (Å²) in [4.78, 5) is 16.9. The second kappa shape index (κ2) is 4.59. The molecule has 0 aromatic carbocycles. The first-order valence-electron chi connectivity index (χ1n) is 6.31. The summed E-state index contributed by atoms with van der Waals surface area (Å²) in [5, 5.41) is 0. The van der Waals surface area contributed by atoms with Gasteiger partial charge in [-0.15, -0.1) is 0 Å². The predicted molar refractivity (Wildman–Crippen MR) is 73.8 cm³/mol. The first-order valence-corrected chi connectivity index (χ1v) is 6.31. The van der Waals surface area contributed by atoms with E-state index in [0.29, 0.717) is 17.3 Å². The van der Waals surface area contributed by atoms with Crippen LogP contribution in [-0.2, 0) is 0 Å². The van der Waals surface area contributed by atoms with E-state index < -0.39 is 0 Å². The lowest BCUT2D eigenvalue weighted by Gasteiger charge is -2.38. The number of nitrogen functional groups attached to an aromatic ring is 1. The fourth-order valence-electron chi connectivity index (χ4n) is 2.30. The van der Waals surface area contributed by atoms with Gasteiger partial charge >= 0.3 is 0 Å². The Morgan fingerprint density at radius 3 is 2.56 bits per heavy atom. The molecular weight excluding hydrogens is 228 g/mol. The smallest absolute Gasteiger partial charge is 0.231 e. The van der Waals surface area contributed by atoms with Crippen molar-refractivity contribution in [3.8, 4) is 0 Å². The van der Waals surface area contributed by atoms with E-state index in [9.17, 15) is 0 Å². The highest BCUT2D eigenvalue weighted by Crippen LogP contribution is 2.30. The molecule has 2 N–H and O–H groups in total. The molecule has 18 heavy (non-hydrogen) atoms. The molecular formula is C12H22N6. The minimum Gasteiger partial charge on any atom is -0.368 e. The zero-order valence-electron chi connectivity index (χ0n) is 11.6. The van der Waals surface area contributed by atoms with E-state index in [4.69, 9.17) is 5.73 Å². The molecule has 0 atom stereocenters. The summed E-state index contributed by atoms with van der Waals surface area (Å²) in [5.41, 5.74) is 6.06. The van der Waals surface area contributed by atoms with Crippen molar-refractivity contribution in [1.82, 2.24) is 15.0 Å². The Morgan fingerprint density at radius 1 is 1.22 bits per heavy atom. The van der Waals surface area contributed by atoms with Gasteiger partial charge in [0.15, 0.2) is 0 Å². The van der Waals surface area contributed by atoms with Gasteiger partial charge in [0, 0.05) is 27.2 Å². The summed E-state index contributed by atoms with van der Waals surface area (Å²) >= 11 is 0. The van der Waals surface area contributed by atoms with Gasteiger partial charge in [-0.25, -0.2) is 0 Å². The molecule has 1 aliphatic heterocycles. The molecule has 0 aliphatic carbocycles. The highest BCUT2D eigenvalue weighted by molar-refractivity contribution is 5.43. The predicted octanol–water partition coefficient (Wildman–Crippen LogP) is 1.15. The lowest BCUT2D eigenvalue weighted by Crippen LogP contribution is -2.41. The Bertz CT molecular complexity index is 429. The van der Waals surface area contributed by atoms with Crippen LogP contribution in [0.1, 0.15) is 26.7 Å². The van der Waals surface area contributed by atoms with E-state index >= 15 is 0 Å². The topological polar surface area (TPSA) is 71.2 Å². The van der Waals surface area contributed by atoms with Crippen LogP contribution in [0, 0.1) is 5.41 Å². The molecule has 0 radical (unpaired) electrons. The summed E-state index contributed by atoms with van der Waals surface area (Å²) in [6.07, 6.45) is 2.40. The van der Waals surface area contributed by atoms with Crippen molar-refractivity contribution < 1.29 is 0 Å². The van der Waals surface area contributed by atoms with Crippen LogP contribution in [0.3, 0.4) is 0 Å². The number of nitrogens with zero attached hydrogens (tertiary/aromatic N) is 5. The third-order valence-corrected chi connectivity index (χ3v) is 3.21. The minimum atomic E-state index is 0.284. The van der Waals surface area contributed by atoms with Crippen molar-refractivity contribution in [3.05, 3.63) is 0 Å². The van der Waals surface area contributed by atoms with Crippen molar-refractivity contribution >= 4 is 17.8 Å². The lowest BCUT2D eigenvalue weighted by atomic mass is 9.84. The van der Waals surface area contributed by atoms with Crippen LogP contribution in [0.5, 0.6) is 0 Å². The van der Waals surface area contributed by atoms with Gasteiger partial charge in [0.2, 0.25) is 17.8 Å². The van der Waals surface area contributed by atoms with Crippen LogP contribution in [0.25, 0.3) is 0 Å². The monoisotopic (exact) mass is 250 g/mol. The van der Waals surface area contributed by atoms with Gasteiger partial charge in [-0.2, -0.15) is 15.0 Å². The van der Waals surface area contributed by atoms with E-state index in [-0.39, 0.29) is 5.95 Å². The van der Waals surface area contributed by atoms with E-state index in [1.54, 1.807) is 0 Å². The van der Waals surface area contributed by atoms with E-state index in [2.05, 4.69) is 33.7 Å². The number of nitrogens with two attached hydrogens (primary N) is 1. The zero-order valence-corrected chi connectivity index (χ0v) is 11.6. The van der Waals surface area contributed by atoms with Crippen molar-refractivity contribution in [3.63, 3.8) is 0 Å². The molecule has 0 amide bonds. The van der Waals surface area contributed by atoms with Crippen molar-refractivity contribution in [1.29, 1.82) is 0 Å². The van der Waals surface area contributed by atoms with Crippen molar-refractivity contribution in [2.24, 2.45) is 5.41 Å². The first-order chi connectivity index (χ1) is 8.37. The molecule has 1 fully saturated rings.